The van der Waals surface area contributed by atoms with Gasteiger partial charge in [-0.2, -0.15) is 8.78 Å². The maximum absolute atomic E-state index is 14.8. The van der Waals surface area contributed by atoms with Crippen LogP contribution in [0.1, 0.15) is 42.0 Å². The lowest BCUT2D eigenvalue weighted by atomic mass is 10.00. The lowest BCUT2D eigenvalue weighted by molar-refractivity contribution is -0.276. The molecule has 45 heavy (non-hydrogen) atoms. The van der Waals surface area contributed by atoms with E-state index in [1.165, 1.54) is 0 Å². The predicted molar refractivity (Wildman–Crippen MR) is 140 cm³/mol. The van der Waals surface area contributed by atoms with Crippen LogP contribution in [0.3, 0.4) is 0 Å². The molecule has 0 unspecified atom stereocenters. The van der Waals surface area contributed by atoms with Crippen molar-refractivity contribution in [3.05, 3.63) is 118 Å². The Hall–Kier alpha value is -4.73. The molecule has 0 saturated carbocycles. The highest BCUT2D eigenvalue weighted by Crippen LogP contribution is 2.38. The number of halogens is 11. The van der Waals surface area contributed by atoms with Crippen LogP contribution < -0.4 is 9.47 Å². The van der Waals surface area contributed by atoms with E-state index in [9.17, 15) is 48.3 Å². The van der Waals surface area contributed by atoms with Crippen molar-refractivity contribution in [3.63, 3.8) is 0 Å². The number of unbranched alkanes of at least 4 members (excludes halogenated alkanes) is 1. The Morgan fingerprint density at radius 1 is 0.622 bits per heavy atom. The van der Waals surface area contributed by atoms with Crippen molar-refractivity contribution in [1.29, 1.82) is 0 Å². The van der Waals surface area contributed by atoms with Gasteiger partial charge in [-0.15, -0.1) is 13.2 Å². The summed E-state index contributed by atoms with van der Waals surface area (Å²) in [6.45, 7) is 2.05. The molecule has 0 heterocycles. The van der Waals surface area contributed by atoms with Crippen molar-refractivity contribution in [2.24, 2.45) is 0 Å². The van der Waals surface area contributed by atoms with Gasteiger partial charge in [-0.1, -0.05) is 49.5 Å². The third kappa shape index (κ3) is 8.06. The Balaban J connectivity index is 1.57. The maximum Gasteiger partial charge on any atom is 0.573 e. The largest absolute Gasteiger partial charge is 0.573 e. The predicted octanol–water partition coefficient (Wildman–Crippen LogP) is 9.96. The third-order valence-corrected chi connectivity index (χ3v) is 6.25. The number of alkyl halides is 5. The van der Waals surface area contributed by atoms with E-state index in [0.717, 1.165) is 37.0 Å². The SMILES string of the molecule is CCCCc1ccc(-c2cc(F)c(C#Cc3cc(F)c(C(F)(F)Oc4cc(F)c(OC(F)(F)F)c(F)c4)c(F)c3)c(F)c2)cc1. The zero-order valence-electron chi connectivity index (χ0n) is 22.9. The van der Waals surface area contributed by atoms with E-state index in [2.05, 4.69) is 21.3 Å². The van der Waals surface area contributed by atoms with E-state index < -0.39 is 75.6 Å². The average molecular weight is 644 g/mol. The molecule has 4 rings (SSSR count). The molecule has 4 aromatic carbocycles. The molecule has 0 bridgehead atoms. The number of hydrogen-bond donors (Lipinski definition) is 0. The smallest absolute Gasteiger partial charge is 0.429 e. The van der Waals surface area contributed by atoms with Crippen molar-refractivity contribution in [3.8, 4) is 34.5 Å². The fraction of sp³-hybridized carbons (Fsp3) is 0.188. The Morgan fingerprint density at radius 3 is 1.69 bits per heavy atom. The first-order chi connectivity index (χ1) is 21.1. The van der Waals surface area contributed by atoms with Crippen LogP contribution in [0.25, 0.3) is 11.1 Å². The van der Waals surface area contributed by atoms with Gasteiger partial charge in [-0.05, 0) is 53.8 Å². The minimum atomic E-state index is -5.52. The van der Waals surface area contributed by atoms with Gasteiger partial charge >= 0.3 is 12.5 Å². The number of rotatable bonds is 8. The third-order valence-electron chi connectivity index (χ3n) is 6.25. The summed E-state index contributed by atoms with van der Waals surface area (Å²) in [5, 5.41) is 0. The monoisotopic (exact) mass is 644 g/mol. The summed E-state index contributed by atoms with van der Waals surface area (Å²) in [5.74, 6) is -9.61. The molecule has 0 radical (unpaired) electrons. The van der Waals surface area contributed by atoms with Gasteiger partial charge in [0.25, 0.3) is 0 Å². The molecule has 4 aromatic rings. The van der Waals surface area contributed by atoms with Crippen LogP contribution in [0.4, 0.5) is 48.3 Å². The fourth-order valence-corrected chi connectivity index (χ4v) is 4.17. The molecule has 0 amide bonds. The summed E-state index contributed by atoms with van der Waals surface area (Å²) < 4.78 is 160. The minimum Gasteiger partial charge on any atom is -0.429 e. The highest BCUT2D eigenvalue weighted by molar-refractivity contribution is 5.65. The van der Waals surface area contributed by atoms with Crippen LogP contribution in [0.5, 0.6) is 11.5 Å². The topological polar surface area (TPSA) is 18.5 Å². The van der Waals surface area contributed by atoms with Crippen molar-refractivity contribution < 1.29 is 57.8 Å². The molecule has 0 aliphatic carbocycles. The standard InChI is InChI=1S/C32H19F11O2/c1-2-3-4-17-5-8-19(9-6-17)20-13-23(33)22(24(34)14-20)10-7-18-11-25(35)29(26(36)12-18)31(39,40)44-21-15-27(37)30(28(38)16-21)45-32(41,42)43/h5-6,8-9,11-16H,2-4H2,1H3. The lowest BCUT2D eigenvalue weighted by Gasteiger charge is -2.20. The van der Waals surface area contributed by atoms with E-state index in [1.54, 1.807) is 12.1 Å². The van der Waals surface area contributed by atoms with E-state index in [1.807, 2.05) is 19.1 Å². The molecule has 0 N–H and O–H groups in total. The lowest BCUT2D eigenvalue weighted by Crippen LogP contribution is -2.25. The molecular formula is C32H19F11O2. The van der Waals surface area contributed by atoms with Gasteiger partial charge in [-0.25, -0.2) is 26.3 Å². The molecule has 2 nitrogen and oxygen atoms in total. The van der Waals surface area contributed by atoms with Crippen LogP contribution in [-0.4, -0.2) is 6.36 Å². The summed E-state index contributed by atoms with van der Waals surface area (Å²) in [6, 6.07) is 9.39. The van der Waals surface area contributed by atoms with Crippen LogP contribution in [0, 0.1) is 46.7 Å². The molecule has 0 aliphatic rings. The van der Waals surface area contributed by atoms with Crippen LogP contribution in [0.15, 0.2) is 60.7 Å². The maximum atomic E-state index is 14.8. The van der Waals surface area contributed by atoms with Gasteiger partial charge in [0.15, 0.2) is 11.6 Å². The van der Waals surface area contributed by atoms with Gasteiger partial charge in [0, 0.05) is 17.7 Å². The van der Waals surface area contributed by atoms with E-state index >= 15 is 0 Å². The van der Waals surface area contributed by atoms with Crippen molar-refractivity contribution in [1.82, 2.24) is 0 Å². The first-order valence-electron chi connectivity index (χ1n) is 13.0. The summed E-state index contributed by atoms with van der Waals surface area (Å²) in [7, 11) is 0. The number of ether oxygens (including phenoxy) is 2. The molecule has 0 aromatic heterocycles. The van der Waals surface area contributed by atoms with E-state index in [-0.39, 0.29) is 29.8 Å². The van der Waals surface area contributed by atoms with E-state index in [0.29, 0.717) is 5.56 Å². The van der Waals surface area contributed by atoms with Gasteiger partial charge < -0.3 is 9.47 Å². The molecule has 13 heteroatoms. The molecule has 0 spiro atoms. The molecule has 0 aliphatic heterocycles. The first kappa shape index (κ1) is 33.2. The summed E-state index contributed by atoms with van der Waals surface area (Å²) in [5.41, 5.74) is -1.67. The minimum absolute atomic E-state index is 0.120. The number of hydrogen-bond acceptors (Lipinski definition) is 2. The molecule has 0 saturated heterocycles. The van der Waals surface area contributed by atoms with Crippen LogP contribution >= 0.6 is 0 Å². The zero-order valence-corrected chi connectivity index (χ0v) is 22.9. The molecule has 0 atom stereocenters. The summed E-state index contributed by atoms with van der Waals surface area (Å²) in [4.78, 5) is 0. The molecular weight excluding hydrogens is 625 g/mol. The van der Waals surface area contributed by atoms with Gasteiger partial charge in [-0.3, -0.25) is 0 Å². The summed E-state index contributed by atoms with van der Waals surface area (Å²) in [6.07, 6.45) is -7.65. The summed E-state index contributed by atoms with van der Waals surface area (Å²) >= 11 is 0. The first-order valence-corrected chi connectivity index (χ1v) is 13.0. The molecule has 0 fully saturated rings. The normalized spacial score (nSPS) is 11.6. The van der Waals surface area contributed by atoms with Gasteiger partial charge in [0.2, 0.25) is 5.75 Å². The number of aryl methyl sites for hydroxylation is 1. The zero-order chi connectivity index (χ0) is 33.1. The van der Waals surface area contributed by atoms with Crippen molar-refractivity contribution in [2.45, 2.75) is 38.7 Å². The van der Waals surface area contributed by atoms with Crippen molar-refractivity contribution in [2.75, 3.05) is 0 Å². The van der Waals surface area contributed by atoms with E-state index in [4.69, 9.17) is 0 Å². The fourth-order valence-electron chi connectivity index (χ4n) is 4.17. The Kier molecular flexibility index (Phi) is 9.65. The Morgan fingerprint density at radius 2 is 1.18 bits per heavy atom. The second-order valence-electron chi connectivity index (χ2n) is 9.56. The number of benzene rings is 4. The molecule has 236 valence electrons. The second-order valence-corrected chi connectivity index (χ2v) is 9.56. The van der Waals surface area contributed by atoms with Gasteiger partial charge in [0.1, 0.15) is 34.6 Å². The van der Waals surface area contributed by atoms with Crippen molar-refractivity contribution >= 4 is 0 Å². The second kappa shape index (κ2) is 13.1. The average Bonchev–Trinajstić information content (AvgIpc) is 2.92. The Labute approximate surface area is 249 Å². The van der Waals surface area contributed by atoms with Crippen LogP contribution in [0.2, 0.25) is 0 Å². The quantitative estimate of drug-likeness (QED) is 0.140. The highest BCUT2D eigenvalue weighted by Gasteiger charge is 2.42. The van der Waals surface area contributed by atoms with Gasteiger partial charge in [0.05, 0.1) is 5.56 Å². The highest BCUT2D eigenvalue weighted by atomic mass is 19.4. The Bertz CT molecular complexity index is 1700. The van der Waals surface area contributed by atoms with Crippen LogP contribution in [-0.2, 0) is 12.5 Å².